The van der Waals surface area contributed by atoms with Crippen molar-refractivity contribution in [2.24, 2.45) is 5.92 Å². The molecule has 0 aliphatic rings. The zero-order valence-electron chi connectivity index (χ0n) is 11.8. The molecular weight excluding hydrogens is 228 g/mol. The van der Waals surface area contributed by atoms with Gasteiger partial charge < -0.3 is 9.53 Å². The van der Waals surface area contributed by atoms with Gasteiger partial charge in [-0.05, 0) is 25.0 Å². The number of carbonyl (C=O) groups excluding carboxylic acids is 1. The smallest absolute Gasteiger partial charge is 0.121 e. The number of carbonyl (C=O) groups is 1. The molecule has 4 nitrogen and oxygen atoms in total. The first-order chi connectivity index (χ1) is 8.54. The van der Waals surface area contributed by atoms with Crippen LogP contribution in [0.1, 0.15) is 26.5 Å². The third-order valence-corrected chi connectivity index (χ3v) is 1.95. The third kappa shape index (κ3) is 4.99. The molecule has 4 heteroatoms. The van der Waals surface area contributed by atoms with Gasteiger partial charge in [0.25, 0.3) is 0 Å². The minimum Gasteiger partial charge on any atom is -0.497 e. The minimum absolute atomic E-state index is 0.833. The van der Waals surface area contributed by atoms with Gasteiger partial charge in [-0.3, -0.25) is 5.10 Å². The number of benzene rings is 1. The number of hydrogen-bond donors (Lipinski definition) is 1. The van der Waals surface area contributed by atoms with Gasteiger partial charge >= 0.3 is 0 Å². The van der Waals surface area contributed by atoms with Crippen LogP contribution in [0.3, 0.4) is 0 Å². The molecule has 1 aromatic carbocycles. The van der Waals surface area contributed by atoms with Crippen molar-refractivity contribution in [2.75, 3.05) is 7.11 Å². The highest BCUT2D eigenvalue weighted by molar-refractivity contribution is 5.82. The molecule has 0 aliphatic carbocycles. The van der Waals surface area contributed by atoms with Crippen LogP contribution >= 0.6 is 0 Å². The number of nitrogens with zero attached hydrogens (tertiary/aromatic N) is 1. The van der Waals surface area contributed by atoms with E-state index >= 15 is 0 Å². The van der Waals surface area contributed by atoms with Crippen LogP contribution in [0, 0.1) is 12.8 Å². The quantitative estimate of drug-likeness (QED) is 0.844. The second-order valence-corrected chi connectivity index (χ2v) is 4.46. The number of aryl methyl sites for hydroxylation is 1. The van der Waals surface area contributed by atoms with Crippen LogP contribution in [0.4, 0.5) is 0 Å². The van der Waals surface area contributed by atoms with Crippen LogP contribution in [0.2, 0.25) is 0 Å². The maximum Gasteiger partial charge on any atom is 0.121 e. The second-order valence-electron chi connectivity index (χ2n) is 4.46. The van der Waals surface area contributed by atoms with Crippen molar-refractivity contribution >= 4 is 17.7 Å². The Morgan fingerprint density at radius 1 is 1.28 bits per heavy atom. The maximum absolute atomic E-state index is 8.00. The Kier molecular flexibility index (Phi) is 7.43. The van der Waals surface area contributed by atoms with Crippen molar-refractivity contribution in [2.45, 2.75) is 27.7 Å². The Morgan fingerprint density at radius 2 is 1.83 bits per heavy atom. The van der Waals surface area contributed by atoms with Crippen LogP contribution in [0.25, 0.3) is 10.9 Å². The number of methoxy groups -OCH3 is 1. The Bertz CT molecular complexity index is 461. The van der Waals surface area contributed by atoms with Gasteiger partial charge in [-0.2, -0.15) is 5.10 Å². The molecule has 0 atom stereocenters. The van der Waals surface area contributed by atoms with Gasteiger partial charge in [0.1, 0.15) is 12.5 Å². The number of ether oxygens (including phenoxy) is 1. The van der Waals surface area contributed by atoms with E-state index in [2.05, 4.69) is 31.0 Å². The zero-order valence-corrected chi connectivity index (χ0v) is 11.8. The molecule has 100 valence electrons. The lowest BCUT2D eigenvalue weighted by molar-refractivity contribution is -0.0979. The molecule has 18 heavy (non-hydrogen) atoms. The standard InChI is InChI=1S/C9H10N2O.C4H10.CH2O/c1-6-8-4-3-7(12-2)5-9(8)11-10-6;1-4(2)3;1-2/h3-5H,1-2H3,(H,10,11);4H,1-3H3;1H2. The average molecular weight is 250 g/mol. The summed E-state index contributed by atoms with van der Waals surface area (Å²) < 4.78 is 5.08. The van der Waals surface area contributed by atoms with Crippen LogP contribution in [-0.2, 0) is 4.79 Å². The fraction of sp³-hybridized carbons (Fsp3) is 0.429. The van der Waals surface area contributed by atoms with E-state index in [1.165, 1.54) is 0 Å². The molecule has 0 bridgehead atoms. The highest BCUT2D eigenvalue weighted by Crippen LogP contribution is 2.20. The molecule has 0 amide bonds. The summed E-state index contributed by atoms with van der Waals surface area (Å²) in [5.74, 6) is 1.68. The summed E-state index contributed by atoms with van der Waals surface area (Å²) in [4.78, 5) is 8.00. The molecule has 0 spiro atoms. The zero-order chi connectivity index (χ0) is 14.1. The number of aromatic amines is 1. The van der Waals surface area contributed by atoms with E-state index in [9.17, 15) is 0 Å². The Morgan fingerprint density at radius 3 is 2.33 bits per heavy atom. The normalized spacial score (nSPS) is 9.22. The van der Waals surface area contributed by atoms with Crippen molar-refractivity contribution in [3.05, 3.63) is 23.9 Å². The van der Waals surface area contributed by atoms with Gasteiger partial charge in [0.2, 0.25) is 0 Å². The number of rotatable bonds is 1. The summed E-state index contributed by atoms with van der Waals surface area (Å²) >= 11 is 0. The van der Waals surface area contributed by atoms with E-state index in [4.69, 9.17) is 9.53 Å². The number of H-pyrrole nitrogens is 1. The lowest BCUT2D eigenvalue weighted by atomic mass is 10.2. The van der Waals surface area contributed by atoms with Gasteiger partial charge in [0, 0.05) is 17.1 Å². The molecule has 2 aromatic rings. The molecule has 0 unspecified atom stereocenters. The average Bonchev–Trinajstić information content (AvgIpc) is 2.72. The number of hydrogen-bond acceptors (Lipinski definition) is 3. The lowest BCUT2D eigenvalue weighted by Crippen LogP contribution is -1.81. The largest absolute Gasteiger partial charge is 0.497 e. The van der Waals surface area contributed by atoms with Crippen molar-refractivity contribution in [1.29, 1.82) is 0 Å². The summed E-state index contributed by atoms with van der Waals surface area (Å²) in [6.45, 7) is 10.5. The van der Waals surface area contributed by atoms with Gasteiger partial charge in [-0.1, -0.05) is 20.8 Å². The fourth-order valence-electron chi connectivity index (χ4n) is 1.25. The van der Waals surface area contributed by atoms with E-state index in [-0.39, 0.29) is 0 Å². The van der Waals surface area contributed by atoms with E-state index < -0.39 is 0 Å². The number of nitrogens with one attached hydrogen (secondary N) is 1. The summed E-state index contributed by atoms with van der Waals surface area (Å²) in [5, 5.41) is 8.19. The van der Waals surface area contributed by atoms with Crippen LogP contribution in [0.15, 0.2) is 18.2 Å². The second kappa shape index (κ2) is 8.28. The molecule has 0 saturated heterocycles. The molecular formula is C14H22N2O2. The molecule has 2 rings (SSSR count). The van der Waals surface area contributed by atoms with Crippen molar-refractivity contribution in [3.63, 3.8) is 0 Å². The SMILES string of the molecule is C=O.CC(C)C.COc1ccc2c(C)[nH]nc2c1. The van der Waals surface area contributed by atoms with E-state index in [1.807, 2.05) is 31.9 Å². The lowest BCUT2D eigenvalue weighted by Gasteiger charge is -1.97. The molecule has 0 radical (unpaired) electrons. The van der Waals surface area contributed by atoms with Gasteiger partial charge in [0.05, 0.1) is 12.6 Å². The predicted molar refractivity (Wildman–Crippen MR) is 75.0 cm³/mol. The highest BCUT2D eigenvalue weighted by atomic mass is 16.5. The first-order valence-electron chi connectivity index (χ1n) is 5.82. The van der Waals surface area contributed by atoms with Crippen LogP contribution < -0.4 is 4.74 Å². The first kappa shape index (κ1) is 16.2. The van der Waals surface area contributed by atoms with Gasteiger partial charge in [-0.25, -0.2) is 0 Å². The van der Waals surface area contributed by atoms with Crippen LogP contribution in [0.5, 0.6) is 5.75 Å². The number of aromatic nitrogens is 2. The maximum atomic E-state index is 8.00. The van der Waals surface area contributed by atoms with E-state index in [0.29, 0.717) is 0 Å². The molecule has 0 aliphatic heterocycles. The Balaban J connectivity index is 0.000000415. The fourth-order valence-corrected chi connectivity index (χ4v) is 1.25. The molecule has 1 aromatic heterocycles. The monoisotopic (exact) mass is 250 g/mol. The molecule has 0 saturated carbocycles. The summed E-state index contributed by atoms with van der Waals surface area (Å²) in [7, 11) is 1.65. The summed E-state index contributed by atoms with van der Waals surface area (Å²) in [5.41, 5.74) is 2.04. The third-order valence-electron chi connectivity index (χ3n) is 1.95. The van der Waals surface area contributed by atoms with Crippen molar-refractivity contribution in [3.8, 4) is 5.75 Å². The van der Waals surface area contributed by atoms with Crippen LogP contribution in [-0.4, -0.2) is 24.1 Å². The predicted octanol–water partition coefficient (Wildman–Crippen LogP) is 3.36. The van der Waals surface area contributed by atoms with Crippen molar-refractivity contribution in [1.82, 2.24) is 10.2 Å². The summed E-state index contributed by atoms with van der Waals surface area (Å²) in [6.07, 6.45) is 0. The Hall–Kier alpha value is -1.84. The molecule has 0 fully saturated rings. The minimum atomic E-state index is 0.833. The van der Waals surface area contributed by atoms with E-state index in [0.717, 1.165) is 28.3 Å². The first-order valence-corrected chi connectivity index (χ1v) is 5.82. The van der Waals surface area contributed by atoms with Gasteiger partial charge in [0.15, 0.2) is 0 Å². The highest BCUT2D eigenvalue weighted by Gasteiger charge is 2.01. The molecule has 1 heterocycles. The van der Waals surface area contributed by atoms with Crippen molar-refractivity contribution < 1.29 is 9.53 Å². The number of fused-ring (bicyclic) bond motifs is 1. The molecule has 1 N–H and O–H groups in total. The summed E-state index contributed by atoms with van der Waals surface area (Å²) in [6, 6.07) is 5.86. The Labute approximate surface area is 108 Å². The van der Waals surface area contributed by atoms with Gasteiger partial charge in [-0.15, -0.1) is 0 Å². The van der Waals surface area contributed by atoms with E-state index in [1.54, 1.807) is 7.11 Å². The topological polar surface area (TPSA) is 55.0 Å².